The number of carbonyl (C=O) groups excluding carboxylic acids is 2. The van der Waals surface area contributed by atoms with Gasteiger partial charge in [-0.3, -0.25) is 4.79 Å². The molecule has 1 N–H and O–H groups in total. The highest BCUT2D eigenvalue weighted by molar-refractivity contribution is 5.94. The van der Waals surface area contributed by atoms with Crippen LogP contribution >= 0.6 is 0 Å². The van der Waals surface area contributed by atoms with Gasteiger partial charge in [0.15, 0.2) is 0 Å². The van der Waals surface area contributed by atoms with Gasteiger partial charge in [0.05, 0.1) is 19.4 Å². The highest BCUT2D eigenvalue weighted by atomic mass is 16.6. The summed E-state index contributed by atoms with van der Waals surface area (Å²) in [6.07, 6.45) is 3.77. The summed E-state index contributed by atoms with van der Waals surface area (Å²) in [6.45, 7) is 14.7. The molecule has 0 heterocycles. The van der Waals surface area contributed by atoms with Gasteiger partial charge in [0, 0.05) is 17.6 Å². The van der Waals surface area contributed by atoms with E-state index in [1.165, 1.54) is 0 Å². The molecule has 0 radical (unpaired) electrons. The van der Waals surface area contributed by atoms with Gasteiger partial charge in [-0.2, -0.15) is 5.10 Å². The summed E-state index contributed by atoms with van der Waals surface area (Å²) in [5, 5.41) is 3.89. The Kier molecular flexibility index (Phi) is 12.1. The molecule has 8 nitrogen and oxygen atoms in total. The van der Waals surface area contributed by atoms with E-state index in [4.69, 9.17) is 14.2 Å². The molecule has 0 unspecified atom stereocenters. The molecule has 208 valence electrons. The molecule has 0 aromatic heterocycles. The Hall–Kier alpha value is -3.55. The van der Waals surface area contributed by atoms with E-state index in [1.807, 2.05) is 81.1 Å². The number of hydrazone groups is 1. The van der Waals surface area contributed by atoms with Crippen LogP contribution in [0.25, 0.3) is 0 Å². The molecule has 2 rings (SSSR count). The average molecular weight is 526 g/mol. The highest BCUT2D eigenvalue weighted by Gasteiger charge is 2.21. The zero-order chi connectivity index (χ0) is 28.1. The maximum Gasteiger partial charge on any atom is 0.428 e. The van der Waals surface area contributed by atoms with Crippen LogP contribution in [0.1, 0.15) is 83.7 Å². The predicted octanol–water partition coefficient (Wildman–Crippen LogP) is 6.43. The van der Waals surface area contributed by atoms with Gasteiger partial charge in [-0.25, -0.2) is 10.2 Å². The lowest BCUT2D eigenvalue weighted by Gasteiger charge is -2.30. The van der Waals surface area contributed by atoms with Crippen LogP contribution in [0, 0.1) is 0 Å². The van der Waals surface area contributed by atoms with E-state index < -0.39 is 11.7 Å². The van der Waals surface area contributed by atoms with Gasteiger partial charge in [0.25, 0.3) is 5.91 Å². The van der Waals surface area contributed by atoms with Crippen molar-refractivity contribution in [2.24, 2.45) is 5.10 Å². The third-order valence-corrected chi connectivity index (χ3v) is 5.42. The minimum atomic E-state index is -0.594. The fourth-order valence-electron chi connectivity index (χ4n) is 3.78. The zero-order valence-corrected chi connectivity index (χ0v) is 23.8. The van der Waals surface area contributed by atoms with Gasteiger partial charge in [0.1, 0.15) is 17.1 Å². The molecular weight excluding hydrogens is 482 g/mol. The molecule has 2 aromatic carbocycles. The minimum Gasteiger partial charge on any atom is -0.494 e. The van der Waals surface area contributed by atoms with Crippen molar-refractivity contribution in [2.45, 2.75) is 85.4 Å². The molecule has 2 aromatic rings. The van der Waals surface area contributed by atoms with E-state index in [-0.39, 0.29) is 18.0 Å². The number of ether oxygens (including phenoxy) is 3. The molecule has 8 heteroatoms. The topological polar surface area (TPSA) is 89.5 Å². The maximum absolute atomic E-state index is 12.8. The van der Waals surface area contributed by atoms with Crippen LogP contribution in [-0.4, -0.2) is 54.0 Å². The summed E-state index contributed by atoms with van der Waals surface area (Å²) in [5.74, 6) is 1.59. The molecule has 0 fully saturated rings. The Morgan fingerprint density at radius 2 is 1.34 bits per heavy atom. The van der Waals surface area contributed by atoms with Gasteiger partial charge in [-0.15, -0.1) is 0 Å². The highest BCUT2D eigenvalue weighted by Crippen LogP contribution is 2.17. The van der Waals surface area contributed by atoms with Crippen LogP contribution in [0.5, 0.6) is 11.5 Å². The number of benzene rings is 2. The van der Waals surface area contributed by atoms with Crippen molar-refractivity contribution in [3.63, 3.8) is 0 Å². The van der Waals surface area contributed by atoms with E-state index in [2.05, 4.69) is 10.5 Å². The first-order valence-corrected chi connectivity index (χ1v) is 13.3. The second-order valence-corrected chi connectivity index (χ2v) is 10.6. The van der Waals surface area contributed by atoms with Crippen LogP contribution in [0.2, 0.25) is 0 Å². The van der Waals surface area contributed by atoms with Crippen molar-refractivity contribution < 1.29 is 23.8 Å². The van der Waals surface area contributed by atoms with Crippen LogP contribution in [0.15, 0.2) is 53.6 Å². The number of hydrogen-bond donors (Lipinski definition) is 1. The molecule has 0 saturated carbocycles. The summed E-state index contributed by atoms with van der Waals surface area (Å²) in [4.78, 5) is 26.2. The lowest BCUT2D eigenvalue weighted by Crippen LogP contribution is -2.42. The fourth-order valence-corrected chi connectivity index (χ4v) is 3.78. The molecule has 0 aliphatic heterocycles. The largest absolute Gasteiger partial charge is 0.494 e. The average Bonchev–Trinajstić information content (AvgIpc) is 2.83. The number of carbonyl (C=O) groups is 2. The minimum absolute atomic E-state index is 0.0412. The normalized spacial score (nSPS) is 11.6. The molecular formula is C30H43N3O5. The summed E-state index contributed by atoms with van der Waals surface area (Å²) in [6, 6.07) is 15.1. The van der Waals surface area contributed by atoms with Crippen molar-refractivity contribution in [3.05, 3.63) is 59.7 Å². The van der Waals surface area contributed by atoms with Crippen molar-refractivity contribution in [2.75, 3.05) is 13.2 Å². The Balaban J connectivity index is 1.62. The smallest absolute Gasteiger partial charge is 0.428 e. The molecule has 0 bridgehead atoms. The van der Waals surface area contributed by atoms with Crippen molar-refractivity contribution in [3.8, 4) is 11.5 Å². The Bertz CT molecular complexity index is 1020. The third kappa shape index (κ3) is 11.2. The van der Waals surface area contributed by atoms with Crippen molar-refractivity contribution in [1.29, 1.82) is 0 Å². The molecule has 38 heavy (non-hydrogen) atoms. The summed E-state index contributed by atoms with van der Waals surface area (Å²) < 4.78 is 16.8. The van der Waals surface area contributed by atoms with Gasteiger partial charge < -0.3 is 19.1 Å². The first kappa shape index (κ1) is 30.7. The fraction of sp³-hybridized carbons (Fsp3) is 0.500. The first-order valence-electron chi connectivity index (χ1n) is 13.3. The summed E-state index contributed by atoms with van der Waals surface area (Å²) >= 11 is 0. The van der Waals surface area contributed by atoms with Crippen LogP contribution in [0.4, 0.5) is 4.79 Å². The number of hydrogen-bond acceptors (Lipinski definition) is 6. The lowest BCUT2D eigenvalue weighted by molar-refractivity contribution is 0.0528. The van der Waals surface area contributed by atoms with Crippen molar-refractivity contribution >= 4 is 18.2 Å². The Morgan fingerprint density at radius 1 is 0.842 bits per heavy atom. The molecule has 0 saturated heterocycles. The SMILES string of the molecule is CC(C)N(C(=O)c1ccc(OCCCCCOc2ccc(C=NNC(=O)OC(C)(C)C)cc2)cc1)C(C)C. The van der Waals surface area contributed by atoms with Crippen molar-refractivity contribution in [1.82, 2.24) is 10.3 Å². The predicted molar refractivity (Wildman–Crippen MR) is 151 cm³/mol. The van der Waals surface area contributed by atoms with Gasteiger partial charge in [0.2, 0.25) is 0 Å². The first-order chi connectivity index (χ1) is 18.0. The number of rotatable bonds is 13. The molecule has 0 spiro atoms. The van der Waals surface area contributed by atoms with Crippen LogP contribution in [-0.2, 0) is 4.74 Å². The lowest BCUT2D eigenvalue weighted by atomic mass is 10.1. The van der Waals surface area contributed by atoms with Gasteiger partial charge in [-0.1, -0.05) is 0 Å². The number of amides is 2. The maximum atomic E-state index is 12.8. The third-order valence-electron chi connectivity index (χ3n) is 5.42. The Morgan fingerprint density at radius 3 is 1.82 bits per heavy atom. The second kappa shape index (κ2) is 15.0. The quantitative estimate of drug-likeness (QED) is 0.185. The monoisotopic (exact) mass is 525 g/mol. The standard InChI is InChI=1S/C30H43N3O5/c1-22(2)33(23(3)4)28(34)25-13-17-27(18-14-25)37-20-10-8-9-19-36-26-15-11-24(12-16-26)21-31-32-29(35)38-30(5,6)7/h11-18,21-23H,8-10,19-20H2,1-7H3,(H,32,35). The van der Waals surface area contributed by atoms with Crippen LogP contribution in [0.3, 0.4) is 0 Å². The van der Waals surface area contributed by atoms with Crippen LogP contribution < -0.4 is 14.9 Å². The van der Waals surface area contributed by atoms with E-state index in [9.17, 15) is 9.59 Å². The Labute approximate surface area is 227 Å². The number of nitrogens with one attached hydrogen (secondary N) is 1. The van der Waals surface area contributed by atoms with Gasteiger partial charge in [-0.05, 0) is 122 Å². The summed E-state index contributed by atoms with van der Waals surface area (Å²) in [7, 11) is 0. The van der Waals surface area contributed by atoms with E-state index in [0.29, 0.717) is 18.8 Å². The zero-order valence-electron chi connectivity index (χ0n) is 23.8. The molecule has 0 aliphatic carbocycles. The van der Waals surface area contributed by atoms with Gasteiger partial charge >= 0.3 is 6.09 Å². The van der Waals surface area contributed by atoms with E-state index >= 15 is 0 Å². The molecule has 2 amide bonds. The van der Waals surface area contributed by atoms with E-state index in [1.54, 1.807) is 27.0 Å². The second-order valence-electron chi connectivity index (χ2n) is 10.6. The molecule has 0 atom stereocenters. The van der Waals surface area contributed by atoms with E-state index in [0.717, 1.165) is 36.3 Å². The molecule has 0 aliphatic rings. The number of nitrogens with zero attached hydrogens (tertiary/aromatic N) is 2. The number of unbranched alkanes of at least 4 members (excludes halogenated alkanes) is 2. The summed E-state index contributed by atoms with van der Waals surface area (Å²) in [5.41, 5.74) is 3.28.